The lowest BCUT2D eigenvalue weighted by molar-refractivity contribution is 0.401. The van der Waals surface area contributed by atoms with Crippen molar-refractivity contribution in [2.24, 2.45) is 0 Å². The molecule has 1 aliphatic rings. The number of rotatable bonds is 3. The van der Waals surface area contributed by atoms with Gasteiger partial charge in [-0.2, -0.15) is 4.31 Å². The Kier molecular flexibility index (Phi) is 4.05. The van der Waals surface area contributed by atoms with E-state index >= 15 is 0 Å². The van der Waals surface area contributed by atoms with Crippen LogP contribution in [0.3, 0.4) is 0 Å². The Balaban J connectivity index is 2.01. The van der Waals surface area contributed by atoms with Crippen molar-refractivity contribution in [1.82, 2.24) is 4.31 Å². The van der Waals surface area contributed by atoms with Crippen LogP contribution in [-0.4, -0.2) is 19.3 Å². The van der Waals surface area contributed by atoms with E-state index in [1.807, 2.05) is 17.5 Å². The van der Waals surface area contributed by atoms with Gasteiger partial charge in [-0.25, -0.2) is 12.8 Å². The first-order chi connectivity index (χ1) is 10.00. The zero-order chi connectivity index (χ0) is 15.0. The van der Waals surface area contributed by atoms with Crippen LogP contribution in [0, 0.1) is 5.82 Å². The maximum Gasteiger partial charge on any atom is 0.245 e. The van der Waals surface area contributed by atoms with Gasteiger partial charge in [-0.05, 0) is 42.5 Å². The van der Waals surface area contributed by atoms with E-state index in [1.54, 1.807) is 11.3 Å². The number of hydrogen-bond donors (Lipinski definition) is 0. The Hall–Kier alpha value is -0.950. The topological polar surface area (TPSA) is 37.4 Å². The number of nitrogens with zero attached hydrogens (tertiary/aromatic N) is 1. The predicted octanol–water partition coefficient (Wildman–Crippen LogP) is 4.07. The molecule has 0 bridgehead atoms. The quantitative estimate of drug-likeness (QED) is 0.841. The Bertz CT molecular complexity index is 746. The fourth-order valence-electron chi connectivity index (χ4n) is 2.60. The molecule has 7 heteroatoms. The highest BCUT2D eigenvalue weighted by molar-refractivity contribution is 7.89. The Morgan fingerprint density at radius 3 is 2.81 bits per heavy atom. The average Bonchev–Trinajstić information content (AvgIpc) is 3.09. The fourth-order valence-corrected chi connectivity index (χ4v) is 5.73. The minimum absolute atomic E-state index is 0.0333. The van der Waals surface area contributed by atoms with E-state index in [9.17, 15) is 12.8 Å². The molecule has 0 radical (unpaired) electrons. The van der Waals surface area contributed by atoms with E-state index in [1.165, 1.54) is 10.4 Å². The van der Waals surface area contributed by atoms with Gasteiger partial charge in [-0.15, -0.1) is 11.3 Å². The molecule has 3 rings (SSSR count). The summed E-state index contributed by atoms with van der Waals surface area (Å²) in [5.74, 6) is -0.546. The molecule has 0 amide bonds. The van der Waals surface area contributed by atoms with Crippen LogP contribution in [0.2, 0.25) is 5.02 Å². The van der Waals surface area contributed by atoms with Crippen molar-refractivity contribution in [2.45, 2.75) is 23.8 Å². The molecule has 1 aliphatic heterocycles. The number of benzene rings is 1. The molecule has 0 N–H and O–H groups in total. The first kappa shape index (κ1) is 15.0. The van der Waals surface area contributed by atoms with Crippen molar-refractivity contribution in [3.05, 3.63) is 51.4 Å². The second-order valence-electron chi connectivity index (χ2n) is 4.86. The molecule has 1 aromatic heterocycles. The summed E-state index contributed by atoms with van der Waals surface area (Å²) in [6, 6.07) is 7.08. The summed E-state index contributed by atoms with van der Waals surface area (Å²) < 4.78 is 40.2. The van der Waals surface area contributed by atoms with Gasteiger partial charge in [-0.1, -0.05) is 17.7 Å². The van der Waals surface area contributed by atoms with Crippen molar-refractivity contribution in [3.63, 3.8) is 0 Å². The van der Waals surface area contributed by atoms with Gasteiger partial charge in [-0.3, -0.25) is 0 Å². The second kappa shape index (κ2) is 5.68. The minimum Gasteiger partial charge on any atom is -0.207 e. The van der Waals surface area contributed by atoms with E-state index in [0.717, 1.165) is 29.9 Å². The highest BCUT2D eigenvalue weighted by Gasteiger charge is 2.37. The van der Waals surface area contributed by atoms with Crippen molar-refractivity contribution < 1.29 is 12.8 Å². The summed E-state index contributed by atoms with van der Waals surface area (Å²) >= 11 is 7.46. The Labute approximate surface area is 132 Å². The van der Waals surface area contributed by atoms with Crippen LogP contribution in [-0.2, 0) is 10.0 Å². The Morgan fingerprint density at radius 2 is 2.14 bits per heavy atom. The lowest BCUT2D eigenvalue weighted by atomic mass is 10.2. The minimum atomic E-state index is -3.72. The zero-order valence-corrected chi connectivity index (χ0v) is 13.4. The van der Waals surface area contributed by atoms with Gasteiger partial charge in [0, 0.05) is 11.4 Å². The van der Waals surface area contributed by atoms with Crippen LogP contribution in [0.1, 0.15) is 23.8 Å². The largest absolute Gasteiger partial charge is 0.245 e. The molecular formula is C14H13ClFNO2S2. The normalized spacial score (nSPS) is 20.0. The van der Waals surface area contributed by atoms with Gasteiger partial charge in [0.2, 0.25) is 10.0 Å². The second-order valence-corrected chi connectivity index (χ2v) is 8.11. The first-order valence-electron chi connectivity index (χ1n) is 6.50. The van der Waals surface area contributed by atoms with E-state index in [2.05, 4.69) is 0 Å². The molecule has 1 unspecified atom stereocenters. The molecule has 2 heterocycles. The summed E-state index contributed by atoms with van der Waals surface area (Å²) in [5, 5.41) is 1.86. The van der Waals surface area contributed by atoms with E-state index in [0.29, 0.717) is 6.54 Å². The van der Waals surface area contributed by atoms with Gasteiger partial charge >= 0.3 is 0 Å². The van der Waals surface area contributed by atoms with Crippen molar-refractivity contribution in [2.75, 3.05) is 6.54 Å². The summed E-state index contributed by atoms with van der Waals surface area (Å²) in [4.78, 5) is 0.989. The van der Waals surface area contributed by atoms with Crippen LogP contribution in [0.5, 0.6) is 0 Å². The third-order valence-electron chi connectivity index (χ3n) is 3.56. The maximum absolute atomic E-state index is 13.1. The van der Waals surface area contributed by atoms with Crippen LogP contribution >= 0.6 is 22.9 Å². The van der Waals surface area contributed by atoms with Crippen molar-refractivity contribution in [1.29, 1.82) is 0 Å². The first-order valence-corrected chi connectivity index (χ1v) is 9.20. The highest BCUT2D eigenvalue weighted by atomic mass is 35.5. The number of hydrogen-bond acceptors (Lipinski definition) is 3. The predicted molar refractivity (Wildman–Crippen MR) is 81.6 cm³/mol. The fraction of sp³-hybridized carbons (Fsp3) is 0.286. The molecule has 2 aromatic rings. The molecule has 0 spiro atoms. The lowest BCUT2D eigenvalue weighted by Gasteiger charge is -2.23. The van der Waals surface area contributed by atoms with Crippen molar-refractivity contribution in [3.8, 4) is 0 Å². The molecule has 3 nitrogen and oxygen atoms in total. The average molecular weight is 346 g/mol. The molecule has 21 heavy (non-hydrogen) atoms. The molecule has 1 fully saturated rings. The number of halogens is 2. The summed E-state index contributed by atoms with van der Waals surface area (Å²) in [6.07, 6.45) is 1.60. The van der Waals surface area contributed by atoms with E-state index in [-0.39, 0.29) is 16.0 Å². The summed E-state index contributed by atoms with van der Waals surface area (Å²) in [6.45, 7) is 0.457. The number of thiophene rings is 1. The Morgan fingerprint density at radius 1 is 1.33 bits per heavy atom. The molecule has 1 atom stereocenters. The summed E-state index contributed by atoms with van der Waals surface area (Å²) in [5.41, 5.74) is 0. The standard InChI is InChI=1S/C14H13ClFNO2S2/c15-11-9-10(16)5-6-14(11)21(18,19)17-7-1-3-12(17)13-4-2-8-20-13/h2,4-6,8-9,12H,1,3,7H2. The number of sulfonamides is 1. The summed E-state index contributed by atoms with van der Waals surface area (Å²) in [7, 11) is -3.72. The van der Waals surface area contributed by atoms with Crippen LogP contribution in [0.15, 0.2) is 40.6 Å². The lowest BCUT2D eigenvalue weighted by Crippen LogP contribution is -2.30. The van der Waals surface area contributed by atoms with Gasteiger partial charge in [0.25, 0.3) is 0 Å². The molecule has 112 valence electrons. The van der Waals surface area contributed by atoms with Crippen LogP contribution < -0.4 is 0 Å². The monoisotopic (exact) mass is 345 g/mol. The van der Waals surface area contributed by atoms with Gasteiger partial charge in [0.15, 0.2) is 0 Å². The molecule has 1 aromatic carbocycles. The molecular weight excluding hydrogens is 333 g/mol. The highest BCUT2D eigenvalue weighted by Crippen LogP contribution is 2.39. The maximum atomic E-state index is 13.1. The zero-order valence-electron chi connectivity index (χ0n) is 11.0. The van der Waals surface area contributed by atoms with Gasteiger partial charge in [0.05, 0.1) is 11.1 Å². The smallest absolute Gasteiger partial charge is 0.207 e. The SMILES string of the molecule is O=S(=O)(c1ccc(F)cc1Cl)N1CCCC1c1cccs1. The van der Waals surface area contributed by atoms with Gasteiger partial charge in [0.1, 0.15) is 10.7 Å². The van der Waals surface area contributed by atoms with Gasteiger partial charge < -0.3 is 0 Å². The van der Waals surface area contributed by atoms with Crippen LogP contribution in [0.25, 0.3) is 0 Å². The van der Waals surface area contributed by atoms with E-state index in [4.69, 9.17) is 11.6 Å². The molecule has 0 saturated carbocycles. The van der Waals surface area contributed by atoms with Crippen LogP contribution in [0.4, 0.5) is 4.39 Å². The third kappa shape index (κ3) is 2.73. The third-order valence-corrected chi connectivity index (χ3v) is 6.92. The van der Waals surface area contributed by atoms with E-state index < -0.39 is 15.8 Å². The molecule has 0 aliphatic carbocycles. The van der Waals surface area contributed by atoms with Crippen molar-refractivity contribution >= 4 is 33.0 Å². The molecule has 1 saturated heterocycles.